The molecule has 1 N–H and O–H groups in total. The summed E-state index contributed by atoms with van der Waals surface area (Å²) in [4.78, 5) is 30.6. The molecule has 2 atom stereocenters. The predicted molar refractivity (Wildman–Crippen MR) is 100 cm³/mol. The first-order valence-electron chi connectivity index (χ1n) is 9.61. The summed E-state index contributed by atoms with van der Waals surface area (Å²) in [6, 6.07) is 5.93. The van der Waals surface area contributed by atoms with E-state index >= 15 is 0 Å². The van der Waals surface area contributed by atoms with Crippen LogP contribution in [0.4, 0.5) is 4.39 Å². The van der Waals surface area contributed by atoms with Gasteiger partial charge in [-0.15, -0.1) is 0 Å². The molecule has 2 aliphatic heterocycles. The van der Waals surface area contributed by atoms with Gasteiger partial charge < -0.3 is 19.8 Å². The SMILES string of the molecule is CN1CCCN(CCC(=O)N2C[C@H](C(=O)O)[C@@H](c3ccc(F)cc3)C2)CC1. The first-order chi connectivity index (χ1) is 12.9. The predicted octanol–water partition coefficient (Wildman–Crippen LogP) is 1.48. The van der Waals surface area contributed by atoms with Crippen LogP contribution in [0.1, 0.15) is 24.3 Å². The van der Waals surface area contributed by atoms with Gasteiger partial charge in [0.25, 0.3) is 0 Å². The maximum absolute atomic E-state index is 13.2. The van der Waals surface area contributed by atoms with Crippen LogP contribution in [0.5, 0.6) is 0 Å². The van der Waals surface area contributed by atoms with E-state index in [0.29, 0.717) is 19.5 Å². The molecule has 0 radical (unpaired) electrons. The number of nitrogens with zero attached hydrogens (tertiary/aromatic N) is 3. The lowest BCUT2D eigenvalue weighted by Crippen LogP contribution is -2.35. The van der Waals surface area contributed by atoms with Crippen LogP contribution in [0.3, 0.4) is 0 Å². The zero-order chi connectivity index (χ0) is 19.4. The number of carbonyl (C=O) groups is 2. The Kier molecular flexibility index (Phi) is 6.44. The highest BCUT2D eigenvalue weighted by molar-refractivity contribution is 5.79. The number of benzene rings is 1. The van der Waals surface area contributed by atoms with E-state index < -0.39 is 11.9 Å². The maximum atomic E-state index is 13.2. The number of carboxylic acids is 1. The van der Waals surface area contributed by atoms with E-state index in [0.717, 1.165) is 38.2 Å². The van der Waals surface area contributed by atoms with Gasteiger partial charge in [-0.2, -0.15) is 0 Å². The standard InChI is InChI=1S/C20H28FN3O3/c1-22-8-2-9-23(12-11-22)10-7-19(25)24-13-17(18(14-24)20(26)27)15-3-5-16(21)6-4-15/h3-6,17-18H,2,7-14H2,1H3,(H,26,27)/t17-,18+/m1/s1. The molecule has 0 aromatic heterocycles. The van der Waals surface area contributed by atoms with E-state index in [4.69, 9.17) is 0 Å². The lowest BCUT2D eigenvalue weighted by atomic mass is 9.89. The molecule has 0 unspecified atom stereocenters. The zero-order valence-electron chi connectivity index (χ0n) is 15.8. The molecular weight excluding hydrogens is 349 g/mol. The number of rotatable bonds is 5. The van der Waals surface area contributed by atoms with Gasteiger partial charge in [0.05, 0.1) is 5.92 Å². The number of likely N-dealkylation sites (N-methyl/N-ethyl adjacent to an activating group) is 1. The van der Waals surface area contributed by atoms with E-state index in [2.05, 4.69) is 16.8 Å². The number of likely N-dealkylation sites (tertiary alicyclic amines) is 1. The maximum Gasteiger partial charge on any atom is 0.308 e. The van der Waals surface area contributed by atoms with E-state index in [9.17, 15) is 19.1 Å². The summed E-state index contributed by atoms with van der Waals surface area (Å²) in [5, 5.41) is 9.56. The molecule has 1 aromatic carbocycles. The van der Waals surface area contributed by atoms with Crippen molar-refractivity contribution in [3.05, 3.63) is 35.6 Å². The van der Waals surface area contributed by atoms with Crippen molar-refractivity contribution in [2.75, 3.05) is 52.9 Å². The molecule has 3 rings (SSSR count). The van der Waals surface area contributed by atoms with E-state index in [-0.39, 0.29) is 24.2 Å². The second kappa shape index (κ2) is 8.80. The van der Waals surface area contributed by atoms with Gasteiger partial charge in [0.2, 0.25) is 5.91 Å². The molecule has 0 spiro atoms. The van der Waals surface area contributed by atoms with Crippen LogP contribution in [0.25, 0.3) is 0 Å². The average Bonchev–Trinajstić information content (AvgIpc) is 2.99. The van der Waals surface area contributed by atoms with Crippen molar-refractivity contribution in [3.63, 3.8) is 0 Å². The summed E-state index contributed by atoms with van der Waals surface area (Å²) in [6.07, 6.45) is 1.51. The Morgan fingerprint density at radius 1 is 1.11 bits per heavy atom. The van der Waals surface area contributed by atoms with Gasteiger partial charge in [-0.05, 0) is 44.3 Å². The number of carbonyl (C=O) groups excluding carboxylic acids is 1. The molecule has 0 bridgehead atoms. The van der Waals surface area contributed by atoms with Crippen LogP contribution in [-0.4, -0.2) is 84.5 Å². The van der Waals surface area contributed by atoms with Gasteiger partial charge in [0.1, 0.15) is 5.82 Å². The van der Waals surface area contributed by atoms with Crippen LogP contribution in [-0.2, 0) is 9.59 Å². The first kappa shape index (κ1) is 19.8. The topological polar surface area (TPSA) is 64.1 Å². The van der Waals surface area contributed by atoms with Crippen molar-refractivity contribution in [1.29, 1.82) is 0 Å². The summed E-state index contributed by atoms with van der Waals surface area (Å²) in [5.41, 5.74) is 0.773. The van der Waals surface area contributed by atoms with Crippen LogP contribution < -0.4 is 0 Å². The Hall–Kier alpha value is -1.99. The fourth-order valence-corrected chi connectivity index (χ4v) is 4.04. The van der Waals surface area contributed by atoms with Crippen molar-refractivity contribution in [2.45, 2.75) is 18.8 Å². The molecule has 1 aromatic rings. The molecule has 7 heteroatoms. The molecule has 6 nitrogen and oxygen atoms in total. The minimum absolute atomic E-state index is 0.00321. The van der Waals surface area contributed by atoms with Gasteiger partial charge >= 0.3 is 5.97 Å². The highest BCUT2D eigenvalue weighted by Gasteiger charge is 2.40. The van der Waals surface area contributed by atoms with Crippen molar-refractivity contribution in [1.82, 2.24) is 14.7 Å². The zero-order valence-corrected chi connectivity index (χ0v) is 15.8. The first-order valence-corrected chi connectivity index (χ1v) is 9.61. The van der Waals surface area contributed by atoms with Crippen LogP contribution in [0.2, 0.25) is 0 Å². The molecule has 0 aliphatic carbocycles. The summed E-state index contributed by atoms with van der Waals surface area (Å²) >= 11 is 0. The fourth-order valence-electron chi connectivity index (χ4n) is 4.04. The van der Waals surface area contributed by atoms with Gasteiger partial charge in [0.15, 0.2) is 0 Å². The van der Waals surface area contributed by atoms with Crippen LogP contribution in [0, 0.1) is 11.7 Å². The smallest absolute Gasteiger partial charge is 0.308 e. The van der Waals surface area contributed by atoms with Crippen LogP contribution >= 0.6 is 0 Å². The lowest BCUT2D eigenvalue weighted by Gasteiger charge is -2.22. The molecule has 2 heterocycles. The van der Waals surface area contributed by atoms with Crippen molar-refractivity contribution in [2.24, 2.45) is 5.92 Å². The minimum Gasteiger partial charge on any atom is -0.481 e. The van der Waals surface area contributed by atoms with Crippen molar-refractivity contribution >= 4 is 11.9 Å². The summed E-state index contributed by atoms with van der Waals surface area (Å²) in [5.74, 6) is -2.19. The fraction of sp³-hybridized carbons (Fsp3) is 0.600. The Labute approximate surface area is 159 Å². The van der Waals surface area contributed by atoms with Crippen molar-refractivity contribution in [3.8, 4) is 0 Å². The van der Waals surface area contributed by atoms with E-state index in [1.807, 2.05) is 0 Å². The number of amides is 1. The second-order valence-electron chi connectivity index (χ2n) is 7.65. The Balaban J connectivity index is 1.58. The van der Waals surface area contributed by atoms with Gasteiger partial charge in [0, 0.05) is 45.1 Å². The molecule has 2 fully saturated rings. The second-order valence-corrected chi connectivity index (χ2v) is 7.65. The normalized spacial score (nSPS) is 24.7. The van der Waals surface area contributed by atoms with Gasteiger partial charge in [-0.25, -0.2) is 4.39 Å². The third kappa shape index (κ3) is 5.05. The molecule has 27 heavy (non-hydrogen) atoms. The monoisotopic (exact) mass is 377 g/mol. The number of carboxylic acid groups (broad SMARTS) is 1. The average molecular weight is 377 g/mol. The highest BCUT2D eigenvalue weighted by Crippen LogP contribution is 2.33. The molecular formula is C20H28FN3O3. The summed E-state index contributed by atoms with van der Waals surface area (Å²) < 4.78 is 13.2. The number of hydrogen-bond acceptors (Lipinski definition) is 4. The lowest BCUT2D eigenvalue weighted by molar-refractivity contribution is -0.141. The van der Waals surface area contributed by atoms with Crippen LogP contribution in [0.15, 0.2) is 24.3 Å². The number of aliphatic carboxylic acids is 1. The quantitative estimate of drug-likeness (QED) is 0.842. The summed E-state index contributed by atoms with van der Waals surface area (Å²) in [7, 11) is 2.11. The number of halogens is 1. The third-order valence-corrected chi connectivity index (χ3v) is 5.74. The Morgan fingerprint density at radius 3 is 2.56 bits per heavy atom. The summed E-state index contributed by atoms with van der Waals surface area (Å²) in [6.45, 7) is 5.35. The number of hydrogen-bond donors (Lipinski definition) is 1. The molecule has 1 amide bonds. The van der Waals surface area contributed by atoms with Gasteiger partial charge in [-0.1, -0.05) is 12.1 Å². The Morgan fingerprint density at radius 2 is 1.85 bits per heavy atom. The van der Waals surface area contributed by atoms with E-state index in [1.54, 1.807) is 17.0 Å². The third-order valence-electron chi connectivity index (χ3n) is 5.74. The minimum atomic E-state index is -0.907. The van der Waals surface area contributed by atoms with E-state index in [1.165, 1.54) is 12.1 Å². The largest absolute Gasteiger partial charge is 0.481 e. The van der Waals surface area contributed by atoms with Crippen molar-refractivity contribution < 1.29 is 19.1 Å². The molecule has 2 saturated heterocycles. The highest BCUT2D eigenvalue weighted by atomic mass is 19.1. The Bertz CT molecular complexity index is 667. The molecule has 2 aliphatic rings. The molecule has 148 valence electrons. The molecule has 0 saturated carbocycles. The van der Waals surface area contributed by atoms with Gasteiger partial charge in [-0.3, -0.25) is 9.59 Å².